The number of carbonyl (C=O) groups is 1. The maximum atomic E-state index is 12.0. The first-order valence-electron chi connectivity index (χ1n) is 6.77. The van der Waals surface area contributed by atoms with Gasteiger partial charge in [-0.05, 0) is 35.9 Å². The molecule has 1 aliphatic heterocycles. The standard InChI is InChI=1S/C16H7Cl3N2O4/c17-10-3-1-8(12(19)7-10)5-13-16(22)25-15(20-13)9-2-4-11(18)14(6-9)21(23)24/h1-7H. The molecule has 0 fully saturated rings. The van der Waals surface area contributed by atoms with E-state index in [1.54, 1.807) is 12.1 Å². The van der Waals surface area contributed by atoms with E-state index in [9.17, 15) is 14.9 Å². The van der Waals surface area contributed by atoms with Crippen molar-refractivity contribution in [3.05, 3.63) is 78.4 Å². The SMILES string of the molecule is O=C1OC(c2ccc(Cl)c([N+](=O)[O-])c2)=NC1=Cc1ccc(Cl)cc1Cl. The van der Waals surface area contributed by atoms with E-state index in [1.807, 2.05) is 0 Å². The summed E-state index contributed by atoms with van der Waals surface area (Å²) >= 11 is 17.7. The van der Waals surface area contributed by atoms with E-state index in [1.165, 1.54) is 30.3 Å². The summed E-state index contributed by atoms with van der Waals surface area (Å²) in [5.74, 6) is -0.750. The van der Waals surface area contributed by atoms with Gasteiger partial charge in [0.1, 0.15) is 5.02 Å². The second kappa shape index (κ2) is 6.84. The van der Waals surface area contributed by atoms with Crippen LogP contribution in [0.1, 0.15) is 11.1 Å². The van der Waals surface area contributed by atoms with E-state index in [2.05, 4.69) is 4.99 Å². The predicted octanol–water partition coefficient (Wildman–Crippen LogP) is 4.90. The van der Waals surface area contributed by atoms with Crippen molar-refractivity contribution in [1.29, 1.82) is 0 Å². The molecule has 1 heterocycles. The lowest BCUT2D eigenvalue weighted by molar-refractivity contribution is -0.384. The van der Waals surface area contributed by atoms with Gasteiger partial charge in [0, 0.05) is 21.7 Å². The summed E-state index contributed by atoms with van der Waals surface area (Å²) in [4.78, 5) is 26.4. The Bertz CT molecular complexity index is 970. The minimum Gasteiger partial charge on any atom is -0.402 e. The van der Waals surface area contributed by atoms with Crippen molar-refractivity contribution < 1.29 is 14.5 Å². The summed E-state index contributed by atoms with van der Waals surface area (Å²) in [5.41, 5.74) is 0.494. The topological polar surface area (TPSA) is 81.8 Å². The fourth-order valence-corrected chi connectivity index (χ4v) is 2.73. The minimum absolute atomic E-state index is 0.0109. The van der Waals surface area contributed by atoms with Crippen LogP contribution in [0.15, 0.2) is 47.1 Å². The number of ether oxygens (including phenoxy) is 1. The first-order chi connectivity index (χ1) is 11.8. The van der Waals surface area contributed by atoms with E-state index in [-0.39, 0.29) is 27.9 Å². The largest absolute Gasteiger partial charge is 0.402 e. The van der Waals surface area contributed by atoms with Crippen LogP contribution in [-0.4, -0.2) is 16.8 Å². The monoisotopic (exact) mass is 396 g/mol. The minimum atomic E-state index is -0.696. The summed E-state index contributed by atoms with van der Waals surface area (Å²) in [7, 11) is 0. The van der Waals surface area contributed by atoms with Crippen LogP contribution in [0.3, 0.4) is 0 Å². The van der Waals surface area contributed by atoms with Gasteiger partial charge in [0.15, 0.2) is 5.70 Å². The molecule has 0 atom stereocenters. The van der Waals surface area contributed by atoms with Gasteiger partial charge in [-0.1, -0.05) is 40.9 Å². The van der Waals surface area contributed by atoms with E-state index in [0.29, 0.717) is 15.6 Å². The van der Waals surface area contributed by atoms with Gasteiger partial charge in [-0.15, -0.1) is 0 Å². The molecule has 0 amide bonds. The lowest BCUT2D eigenvalue weighted by Gasteiger charge is -2.00. The number of nitrogens with zero attached hydrogens (tertiary/aromatic N) is 2. The summed E-state index contributed by atoms with van der Waals surface area (Å²) in [6, 6.07) is 8.78. The fourth-order valence-electron chi connectivity index (χ4n) is 2.08. The summed E-state index contributed by atoms with van der Waals surface area (Å²) < 4.78 is 5.08. The number of carbonyl (C=O) groups excluding carboxylic acids is 1. The highest BCUT2D eigenvalue weighted by Crippen LogP contribution is 2.29. The molecular weight excluding hydrogens is 391 g/mol. The lowest BCUT2D eigenvalue weighted by atomic mass is 10.2. The Balaban J connectivity index is 1.99. The Labute approximate surface area is 156 Å². The van der Waals surface area contributed by atoms with Crippen molar-refractivity contribution in [2.75, 3.05) is 0 Å². The predicted molar refractivity (Wildman–Crippen MR) is 95.2 cm³/mol. The molecule has 2 aromatic carbocycles. The van der Waals surface area contributed by atoms with Crippen LogP contribution < -0.4 is 0 Å². The summed E-state index contributed by atoms with van der Waals surface area (Å²) in [6.45, 7) is 0. The van der Waals surface area contributed by atoms with Gasteiger partial charge < -0.3 is 4.74 Å². The molecule has 0 spiro atoms. The van der Waals surface area contributed by atoms with Crippen LogP contribution in [0.5, 0.6) is 0 Å². The Morgan fingerprint density at radius 2 is 1.84 bits per heavy atom. The van der Waals surface area contributed by atoms with Crippen LogP contribution >= 0.6 is 34.8 Å². The molecule has 1 aliphatic rings. The molecule has 126 valence electrons. The third-order valence-corrected chi connectivity index (χ3v) is 4.15. The molecule has 0 unspecified atom stereocenters. The zero-order valence-electron chi connectivity index (χ0n) is 12.2. The number of aliphatic imine (C=N–C) groups is 1. The molecule has 2 aromatic rings. The fraction of sp³-hybridized carbons (Fsp3) is 0. The molecular formula is C16H7Cl3N2O4. The van der Waals surface area contributed by atoms with E-state index in [4.69, 9.17) is 39.5 Å². The molecule has 0 bridgehead atoms. The van der Waals surface area contributed by atoms with Crippen LogP contribution in [0.2, 0.25) is 15.1 Å². The highest BCUT2D eigenvalue weighted by molar-refractivity contribution is 6.35. The van der Waals surface area contributed by atoms with Crippen molar-refractivity contribution in [3.8, 4) is 0 Å². The molecule has 0 aliphatic carbocycles. The van der Waals surface area contributed by atoms with Gasteiger partial charge in [-0.3, -0.25) is 10.1 Å². The van der Waals surface area contributed by atoms with Crippen molar-refractivity contribution in [3.63, 3.8) is 0 Å². The maximum Gasteiger partial charge on any atom is 0.363 e. The molecule has 25 heavy (non-hydrogen) atoms. The number of benzene rings is 2. The second-order valence-corrected chi connectivity index (χ2v) is 6.18. The summed E-state index contributed by atoms with van der Waals surface area (Å²) in [5, 5.41) is 11.7. The second-order valence-electron chi connectivity index (χ2n) is 4.93. The molecule has 0 saturated carbocycles. The normalized spacial score (nSPS) is 15.2. The quantitative estimate of drug-likeness (QED) is 0.319. The number of esters is 1. The Morgan fingerprint density at radius 3 is 2.52 bits per heavy atom. The van der Waals surface area contributed by atoms with Crippen LogP contribution in [0, 0.1) is 10.1 Å². The zero-order valence-corrected chi connectivity index (χ0v) is 14.5. The van der Waals surface area contributed by atoms with Crippen molar-refractivity contribution in [1.82, 2.24) is 0 Å². The third-order valence-electron chi connectivity index (χ3n) is 3.27. The van der Waals surface area contributed by atoms with Crippen LogP contribution in [0.4, 0.5) is 5.69 Å². The van der Waals surface area contributed by atoms with Gasteiger partial charge in [-0.2, -0.15) is 0 Å². The number of nitro benzene ring substituents is 1. The molecule has 0 N–H and O–H groups in total. The van der Waals surface area contributed by atoms with Gasteiger partial charge in [0.25, 0.3) is 5.69 Å². The Kier molecular flexibility index (Phi) is 4.76. The van der Waals surface area contributed by atoms with Gasteiger partial charge >= 0.3 is 5.97 Å². The Morgan fingerprint density at radius 1 is 1.08 bits per heavy atom. The smallest absolute Gasteiger partial charge is 0.363 e. The number of hydrogen-bond donors (Lipinski definition) is 0. The van der Waals surface area contributed by atoms with Crippen LogP contribution in [-0.2, 0) is 9.53 Å². The third kappa shape index (κ3) is 3.66. The van der Waals surface area contributed by atoms with E-state index in [0.717, 1.165) is 0 Å². The van der Waals surface area contributed by atoms with Gasteiger partial charge in [-0.25, -0.2) is 9.79 Å². The highest BCUT2D eigenvalue weighted by atomic mass is 35.5. The van der Waals surface area contributed by atoms with Gasteiger partial charge in [0.05, 0.1) is 4.92 Å². The average Bonchev–Trinajstić information content (AvgIpc) is 2.91. The first kappa shape index (κ1) is 17.4. The number of halogens is 3. The molecule has 0 saturated heterocycles. The Hall–Kier alpha value is -2.41. The first-order valence-corrected chi connectivity index (χ1v) is 7.90. The number of nitro groups is 1. The lowest BCUT2D eigenvalue weighted by Crippen LogP contribution is -2.06. The van der Waals surface area contributed by atoms with Crippen molar-refractivity contribution in [2.45, 2.75) is 0 Å². The summed E-state index contributed by atoms with van der Waals surface area (Å²) in [6.07, 6.45) is 1.44. The molecule has 3 rings (SSSR count). The zero-order chi connectivity index (χ0) is 18.1. The van der Waals surface area contributed by atoms with Crippen LogP contribution in [0.25, 0.3) is 6.08 Å². The average molecular weight is 398 g/mol. The van der Waals surface area contributed by atoms with E-state index < -0.39 is 10.9 Å². The molecule has 0 aromatic heterocycles. The van der Waals surface area contributed by atoms with E-state index >= 15 is 0 Å². The highest BCUT2D eigenvalue weighted by Gasteiger charge is 2.26. The number of cyclic esters (lactones) is 1. The number of rotatable bonds is 3. The van der Waals surface area contributed by atoms with Crippen molar-refractivity contribution in [2.24, 2.45) is 4.99 Å². The molecule has 6 nitrogen and oxygen atoms in total. The van der Waals surface area contributed by atoms with Crippen molar-refractivity contribution >= 4 is 58.4 Å². The molecule has 0 radical (unpaired) electrons. The molecule has 9 heteroatoms. The van der Waals surface area contributed by atoms with Gasteiger partial charge in [0.2, 0.25) is 5.90 Å². The number of hydrogen-bond acceptors (Lipinski definition) is 5. The maximum absolute atomic E-state index is 12.0.